The van der Waals surface area contributed by atoms with E-state index in [1.807, 2.05) is 6.20 Å². The summed E-state index contributed by atoms with van der Waals surface area (Å²) < 4.78 is 0. The fraction of sp³-hybridized carbons (Fsp3) is 0.700. The first-order chi connectivity index (χ1) is 6.17. The molecule has 0 N–H and O–H groups in total. The van der Waals surface area contributed by atoms with Gasteiger partial charge >= 0.3 is 0 Å². The standard InChI is InChI=1S/C10H16N2S/c1-10(2)3-6-12(7-4-10)9-11-5-8-13-9/h5,8H,3-4,6-7H2,1-2H3. The van der Waals surface area contributed by atoms with E-state index in [9.17, 15) is 0 Å². The summed E-state index contributed by atoms with van der Waals surface area (Å²) in [5.74, 6) is 0. The van der Waals surface area contributed by atoms with Gasteiger partial charge in [0.15, 0.2) is 5.13 Å². The van der Waals surface area contributed by atoms with Crippen molar-refractivity contribution in [1.82, 2.24) is 4.98 Å². The summed E-state index contributed by atoms with van der Waals surface area (Å²) in [5.41, 5.74) is 0.535. The largest absolute Gasteiger partial charge is 0.348 e. The normalized spacial score (nSPS) is 21.8. The molecule has 1 saturated heterocycles. The Morgan fingerprint density at radius 1 is 1.38 bits per heavy atom. The van der Waals surface area contributed by atoms with Crippen molar-refractivity contribution in [3.8, 4) is 0 Å². The number of hydrogen-bond donors (Lipinski definition) is 0. The molecule has 0 bridgehead atoms. The molecule has 0 unspecified atom stereocenters. The van der Waals surface area contributed by atoms with Gasteiger partial charge in [0.25, 0.3) is 0 Å². The average molecular weight is 196 g/mol. The van der Waals surface area contributed by atoms with E-state index < -0.39 is 0 Å². The van der Waals surface area contributed by atoms with E-state index in [-0.39, 0.29) is 0 Å². The fourth-order valence-electron chi connectivity index (χ4n) is 1.68. The molecule has 0 amide bonds. The van der Waals surface area contributed by atoms with Gasteiger partial charge in [0.2, 0.25) is 0 Å². The zero-order chi connectivity index (χ0) is 9.31. The first kappa shape index (κ1) is 9.00. The number of anilines is 1. The van der Waals surface area contributed by atoms with Gasteiger partial charge in [-0.2, -0.15) is 0 Å². The van der Waals surface area contributed by atoms with Crippen molar-refractivity contribution in [2.45, 2.75) is 26.7 Å². The summed E-state index contributed by atoms with van der Waals surface area (Å²) in [6.45, 7) is 7.04. The number of aromatic nitrogens is 1. The second kappa shape index (κ2) is 3.29. The van der Waals surface area contributed by atoms with Crippen LogP contribution in [0.2, 0.25) is 0 Å². The van der Waals surface area contributed by atoms with Crippen LogP contribution in [0.1, 0.15) is 26.7 Å². The van der Waals surface area contributed by atoms with E-state index in [1.54, 1.807) is 11.3 Å². The number of hydrogen-bond acceptors (Lipinski definition) is 3. The van der Waals surface area contributed by atoms with Gasteiger partial charge in [0.05, 0.1) is 0 Å². The van der Waals surface area contributed by atoms with Gasteiger partial charge < -0.3 is 4.90 Å². The Labute approximate surface area is 83.6 Å². The molecule has 0 spiro atoms. The third-order valence-corrected chi connectivity index (χ3v) is 3.64. The van der Waals surface area contributed by atoms with Crippen molar-refractivity contribution < 1.29 is 0 Å². The molecular weight excluding hydrogens is 180 g/mol. The van der Waals surface area contributed by atoms with Crippen LogP contribution in [0.4, 0.5) is 5.13 Å². The minimum absolute atomic E-state index is 0.535. The molecule has 1 fully saturated rings. The van der Waals surface area contributed by atoms with Crippen molar-refractivity contribution in [2.24, 2.45) is 5.41 Å². The average Bonchev–Trinajstić information content (AvgIpc) is 2.56. The topological polar surface area (TPSA) is 16.1 Å². The molecule has 1 aliphatic heterocycles. The summed E-state index contributed by atoms with van der Waals surface area (Å²) >= 11 is 1.74. The van der Waals surface area contributed by atoms with Gasteiger partial charge in [-0.05, 0) is 18.3 Å². The van der Waals surface area contributed by atoms with Gasteiger partial charge in [-0.3, -0.25) is 0 Å². The number of piperidine rings is 1. The second-order valence-electron chi connectivity index (χ2n) is 4.47. The molecule has 1 aromatic heterocycles. The van der Waals surface area contributed by atoms with Gasteiger partial charge in [0, 0.05) is 24.7 Å². The molecule has 2 heterocycles. The Hall–Kier alpha value is -0.570. The van der Waals surface area contributed by atoms with Gasteiger partial charge in [0.1, 0.15) is 0 Å². The molecule has 0 aromatic carbocycles. The van der Waals surface area contributed by atoms with Crippen LogP contribution in [0.25, 0.3) is 0 Å². The maximum absolute atomic E-state index is 4.33. The van der Waals surface area contributed by atoms with Crippen LogP contribution in [-0.2, 0) is 0 Å². The number of rotatable bonds is 1. The minimum atomic E-state index is 0.535. The summed E-state index contributed by atoms with van der Waals surface area (Å²) in [7, 11) is 0. The molecule has 0 aliphatic carbocycles. The third-order valence-electron chi connectivity index (χ3n) is 2.81. The smallest absolute Gasteiger partial charge is 0.185 e. The van der Waals surface area contributed by atoms with Crippen LogP contribution in [0.3, 0.4) is 0 Å². The van der Waals surface area contributed by atoms with E-state index in [4.69, 9.17) is 0 Å². The Morgan fingerprint density at radius 3 is 2.62 bits per heavy atom. The maximum atomic E-state index is 4.33. The lowest BCUT2D eigenvalue weighted by molar-refractivity contribution is 0.280. The summed E-state index contributed by atoms with van der Waals surface area (Å²) in [5, 5.41) is 3.24. The van der Waals surface area contributed by atoms with Crippen LogP contribution in [0, 0.1) is 5.41 Å². The summed E-state index contributed by atoms with van der Waals surface area (Å²) in [4.78, 5) is 6.73. The molecule has 2 rings (SSSR count). The zero-order valence-corrected chi connectivity index (χ0v) is 9.10. The quantitative estimate of drug-likeness (QED) is 0.686. The monoisotopic (exact) mass is 196 g/mol. The van der Waals surface area contributed by atoms with Gasteiger partial charge in [-0.25, -0.2) is 4.98 Å². The molecule has 0 atom stereocenters. The predicted molar refractivity (Wildman–Crippen MR) is 57.3 cm³/mol. The lowest BCUT2D eigenvalue weighted by Crippen LogP contribution is -2.37. The molecule has 2 nitrogen and oxygen atoms in total. The number of thiazole rings is 1. The van der Waals surface area contributed by atoms with Gasteiger partial charge in [-0.15, -0.1) is 11.3 Å². The summed E-state index contributed by atoms with van der Waals surface area (Å²) in [6.07, 6.45) is 4.46. The minimum Gasteiger partial charge on any atom is -0.348 e. The molecule has 72 valence electrons. The van der Waals surface area contributed by atoms with Gasteiger partial charge in [-0.1, -0.05) is 13.8 Å². The van der Waals surface area contributed by atoms with Crippen molar-refractivity contribution in [1.29, 1.82) is 0 Å². The predicted octanol–water partition coefficient (Wildman–Crippen LogP) is 2.77. The van der Waals surface area contributed by atoms with Crippen LogP contribution >= 0.6 is 11.3 Å². The molecule has 1 aliphatic rings. The first-order valence-corrected chi connectivity index (χ1v) is 5.70. The highest BCUT2D eigenvalue weighted by molar-refractivity contribution is 7.13. The highest BCUT2D eigenvalue weighted by Gasteiger charge is 2.26. The highest BCUT2D eigenvalue weighted by Crippen LogP contribution is 2.32. The first-order valence-electron chi connectivity index (χ1n) is 4.82. The SMILES string of the molecule is CC1(C)CCN(c2nccs2)CC1. The van der Waals surface area contributed by atoms with Crippen LogP contribution < -0.4 is 4.90 Å². The lowest BCUT2D eigenvalue weighted by Gasteiger charge is -2.36. The third kappa shape index (κ3) is 2.02. The van der Waals surface area contributed by atoms with E-state index in [0.29, 0.717) is 5.41 Å². The van der Waals surface area contributed by atoms with E-state index in [1.165, 1.54) is 31.1 Å². The van der Waals surface area contributed by atoms with Crippen molar-refractivity contribution in [3.05, 3.63) is 11.6 Å². The lowest BCUT2D eigenvalue weighted by atomic mass is 9.83. The van der Waals surface area contributed by atoms with Crippen molar-refractivity contribution in [2.75, 3.05) is 18.0 Å². The van der Waals surface area contributed by atoms with E-state index >= 15 is 0 Å². The Kier molecular flexibility index (Phi) is 2.28. The maximum Gasteiger partial charge on any atom is 0.185 e. The zero-order valence-electron chi connectivity index (χ0n) is 8.29. The molecule has 3 heteroatoms. The highest BCUT2D eigenvalue weighted by atomic mass is 32.1. The molecule has 1 aromatic rings. The van der Waals surface area contributed by atoms with Crippen molar-refractivity contribution in [3.63, 3.8) is 0 Å². The molecular formula is C10H16N2S. The van der Waals surface area contributed by atoms with Crippen LogP contribution in [-0.4, -0.2) is 18.1 Å². The molecule has 0 radical (unpaired) electrons. The Bertz CT molecular complexity index is 256. The number of nitrogens with zero attached hydrogens (tertiary/aromatic N) is 2. The fourth-order valence-corrected chi connectivity index (χ4v) is 2.37. The molecule has 0 saturated carbocycles. The summed E-state index contributed by atoms with van der Waals surface area (Å²) in [6, 6.07) is 0. The Balaban J connectivity index is 1.99. The second-order valence-corrected chi connectivity index (χ2v) is 5.34. The van der Waals surface area contributed by atoms with E-state index in [2.05, 4.69) is 29.1 Å². The van der Waals surface area contributed by atoms with E-state index in [0.717, 1.165) is 0 Å². The van der Waals surface area contributed by atoms with Crippen LogP contribution in [0.5, 0.6) is 0 Å². The molecule has 13 heavy (non-hydrogen) atoms. The Morgan fingerprint density at radius 2 is 2.08 bits per heavy atom. The van der Waals surface area contributed by atoms with Crippen molar-refractivity contribution >= 4 is 16.5 Å². The van der Waals surface area contributed by atoms with Crippen LogP contribution in [0.15, 0.2) is 11.6 Å².